The van der Waals surface area contributed by atoms with Crippen molar-refractivity contribution in [2.24, 2.45) is 0 Å². The lowest BCUT2D eigenvalue weighted by atomic mass is 10.1. The van der Waals surface area contributed by atoms with E-state index in [0.717, 1.165) is 13.1 Å². The molecule has 1 aromatic carbocycles. The Hall–Kier alpha value is -2.25. The number of amides is 1. The van der Waals surface area contributed by atoms with Gasteiger partial charge in [-0.2, -0.15) is 11.3 Å². The number of ether oxygens (including phenoxy) is 3. The molecule has 1 aliphatic rings. The summed E-state index contributed by atoms with van der Waals surface area (Å²) in [4.78, 5) is 15.5. The summed E-state index contributed by atoms with van der Waals surface area (Å²) in [5.41, 5.74) is 1.70. The number of hydrogen-bond donors (Lipinski definition) is 1. The van der Waals surface area contributed by atoms with Gasteiger partial charge in [-0.25, -0.2) is 0 Å². The molecule has 1 unspecified atom stereocenters. The van der Waals surface area contributed by atoms with Gasteiger partial charge < -0.3 is 19.5 Å². The first kappa shape index (κ1) is 21.5. The minimum absolute atomic E-state index is 0.175. The van der Waals surface area contributed by atoms with Gasteiger partial charge in [-0.1, -0.05) is 12.8 Å². The SMILES string of the molecule is COc1ccc(C(=O)NCC(c2ccsc2)N2CCCCCC2)c(OC)c1OC. The molecule has 6 nitrogen and oxygen atoms in total. The van der Waals surface area contributed by atoms with Crippen molar-refractivity contribution in [2.75, 3.05) is 41.0 Å². The van der Waals surface area contributed by atoms with Crippen LogP contribution in [0.1, 0.15) is 47.6 Å². The summed E-state index contributed by atoms with van der Waals surface area (Å²) in [7, 11) is 4.62. The molecule has 1 amide bonds. The van der Waals surface area contributed by atoms with Gasteiger partial charge in [0, 0.05) is 6.54 Å². The molecule has 0 saturated carbocycles. The first-order valence-electron chi connectivity index (χ1n) is 10.0. The quantitative estimate of drug-likeness (QED) is 0.699. The largest absolute Gasteiger partial charge is 0.493 e. The van der Waals surface area contributed by atoms with Crippen molar-refractivity contribution >= 4 is 17.2 Å². The summed E-state index contributed by atoms with van der Waals surface area (Å²) >= 11 is 1.69. The minimum Gasteiger partial charge on any atom is -0.493 e. The van der Waals surface area contributed by atoms with E-state index in [-0.39, 0.29) is 11.9 Å². The van der Waals surface area contributed by atoms with Crippen LogP contribution in [0, 0.1) is 0 Å². The Labute approximate surface area is 176 Å². The molecule has 1 saturated heterocycles. The van der Waals surface area contributed by atoms with E-state index in [1.54, 1.807) is 30.6 Å². The Bertz CT molecular complexity index is 786. The minimum atomic E-state index is -0.183. The van der Waals surface area contributed by atoms with Crippen LogP contribution in [-0.2, 0) is 0 Å². The van der Waals surface area contributed by atoms with Crippen LogP contribution in [0.4, 0.5) is 0 Å². The normalized spacial score (nSPS) is 16.0. The lowest BCUT2D eigenvalue weighted by Gasteiger charge is -2.30. The zero-order chi connectivity index (χ0) is 20.6. The van der Waals surface area contributed by atoms with Crippen LogP contribution in [0.2, 0.25) is 0 Å². The molecule has 29 heavy (non-hydrogen) atoms. The number of methoxy groups -OCH3 is 3. The van der Waals surface area contributed by atoms with Gasteiger partial charge in [0.15, 0.2) is 11.5 Å². The van der Waals surface area contributed by atoms with Crippen LogP contribution in [0.15, 0.2) is 29.0 Å². The average Bonchev–Trinajstić information content (AvgIpc) is 3.15. The standard InChI is InChI=1S/C22H30N2O4S/c1-26-19-9-8-17(20(27-2)21(19)28-3)22(25)23-14-18(16-10-13-29-15-16)24-11-6-4-5-7-12-24/h8-10,13,15,18H,4-7,11-12,14H2,1-3H3,(H,23,25). The highest BCUT2D eigenvalue weighted by Crippen LogP contribution is 2.39. The number of nitrogens with zero attached hydrogens (tertiary/aromatic N) is 1. The lowest BCUT2D eigenvalue weighted by molar-refractivity contribution is 0.0929. The number of carbonyl (C=O) groups excluding carboxylic acids is 1. The van der Waals surface area contributed by atoms with Crippen LogP contribution in [-0.4, -0.2) is 51.8 Å². The monoisotopic (exact) mass is 418 g/mol. The third-order valence-electron chi connectivity index (χ3n) is 5.41. The molecular formula is C22H30N2O4S. The van der Waals surface area contributed by atoms with Gasteiger partial charge in [-0.05, 0) is 60.5 Å². The summed E-state index contributed by atoms with van der Waals surface area (Å²) in [5.74, 6) is 1.15. The Morgan fingerprint density at radius 2 is 1.76 bits per heavy atom. The molecule has 1 fully saturated rings. The van der Waals surface area contributed by atoms with Gasteiger partial charge in [-0.15, -0.1) is 0 Å². The van der Waals surface area contributed by atoms with Crippen LogP contribution >= 0.6 is 11.3 Å². The summed E-state index contributed by atoms with van der Waals surface area (Å²) in [6, 6.07) is 5.76. The number of benzene rings is 1. The predicted molar refractivity (Wildman–Crippen MR) is 116 cm³/mol. The second-order valence-corrected chi connectivity index (χ2v) is 7.89. The number of likely N-dealkylation sites (tertiary alicyclic amines) is 1. The van der Waals surface area contributed by atoms with Crippen molar-refractivity contribution in [3.63, 3.8) is 0 Å². The maximum atomic E-state index is 13.0. The van der Waals surface area contributed by atoms with Gasteiger partial charge in [0.1, 0.15) is 0 Å². The molecule has 2 aromatic rings. The fourth-order valence-electron chi connectivity index (χ4n) is 3.89. The van der Waals surface area contributed by atoms with E-state index in [4.69, 9.17) is 14.2 Å². The molecule has 1 atom stereocenters. The van der Waals surface area contributed by atoms with Gasteiger partial charge in [-0.3, -0.25) is 9.69 Å². The molecule has 0 aliphatic carbocycles. The highest BCUT2D eigenvalue weighted by Gasteiger charge is 2.25. The number of thiophene rings is 1. The Balaban J connectivity index is 1.78. The van der Waals surface area contributed by atoms with Crippen molar-refractivity contribution in [3.8, 4) is 17.2 Å². The van der Waals surface area contributed by atoms with E-state index in [1.807, 2.05) is 0 Å². The van der Waals surface area contributed by atoms with E-state index in [9.17, 15) is 4.79 Å². The Morgan fingerprint density at radius 1 is 1.03 bits per heavy atom. The molecule has 7 heteroatoms. The molecule has 158 valence electrons. The molecule has 1 N–H and O–H groups in total. The summed E-state index contributed by atoms with van der Waals surface area (Å²) in [6.45, 7) is 2.68. The third-order valence-corrected chi connectivity index (χ3v) is 6.12. The lowest BCUT2D eigenvalue weighted by Crippen LogP contribution is -2.38. The zero-order valence-corrected chi connectivity index (χ0v) is 18.2. The summed E-state index contributed by atoms with van der Waals surface area (Å²) in [6.07, 6.45) is 4.97. The molecule has 0 spiro atoms. The van der Waals surface area contributed by atoms with Crippen molar-refractivity contribution in [3.05, 3.63) is 40.1 Å². The van der Waals surface area contributed by atoms with Crippen molar-refractivity contribution in [1.29, 1.82) is 0 Å². The van der Waals surface area contributed by atoms with Gasteiger partial charge in [0.2, 0.25) is 5.75 Å². The maximum absolute atomic E-state index is 13.0. The van der Waals surface area contributed by atoms with Gasteiger partial charge in [0.05, 0.1) is 32.9 Å². The number of rotatable bonds is 8. The van der Waals surface area contributed by atoms with Crippen molar-refractivity contribution in [2.45, 2.75) is 31.7 Å². The van der Waals surface area contributed by atoms with Crippen LogP contribution in [0.3, 0.4) is 0 Å². The number of nitrogens with one attached hydrogen (secondary N) is 1. The molecule has 0 radical (unpaired) electrons. The second-order valence-electron chi connectivity index (χ2n) is 7.11. The number of carbonyl (C=O) groups is 1. The van der Waals surface area contributed by atoms with Crippen LogP contribution in [0.5, 0.6) is 17.2 Å². The maximum Gasteiger partial charge on any atom is 0.255 e. The zero-order valence-electron chi connectivity index (χ0n) is 17.4. The highest BCUT2D eigenvalue weighted by molar-refractivity contribution is 7.07. The Kier molecular flexibility index (Phi) is 7.77. The van der Waals surface area contributed by atoms with E-state index in [0.29, 0.717) is 29.4 Å². The van der Waals surface area contributed by atoms with E-state index < -0.39 is 0 Å². The molecule has 0 bridgehead atoms. The summed E-state index contributed by atoms with van der Waals surface area (Å²) < 4.78 is 16.2. The topological polar surface area (TPSA) is 60.0 Å². The summed E-state index contributed by atoms with van der Waals surface area (Å²) in [5, 5.41) is 7.39. The van der Waals surface area contributed by atoms with Crippen molar-refractivity contribution < 1.29 is 19.0 Å². The molecule has 1 aromatic heterocycles. The predicted octanol–water partition coefficient (Wildman–Crippen LogP) is 4.12. The van der Waals surface area contributed by atoms with Gasteiger partial charge >= 0.3 is 0 Å². The van der Waals surface area contributed by atoms with E-state index in [1.165, 1.54) is 45.5 Å². The van der Waals surface area contributed by atoms with Crippen LogP contribution in [0.25, 0.3) is 0 Å². The fourth-order valence-corrected chi connectivity index (χ4v) is 4.60. The van der Waals surface area contributed by atoms with Crippen molar-refractivity contribution in [1.82, 2.24) is 10.2 Å². The smallest absolute Gasteiger partial charge is 0.255 e. The second kappa shape index (κ2) is 10.5. The average molecular weight is 419 g/mol. The molecular weight excluding hydrogens is 388 g/mol. The van der Waals surface area contributed by atoms with E-state index in [2.05, 4.69) is 27.0 Å². The first-order valence-corrected chi connectivity index (χ1v) is 11.0. The van der Waals surface area contributed by atoms with E-state index >= 15 is 0 Å². The molecule has 3 rings (SSSR count). The van der Waals surface area contributed by atoms with Gasteiger partial charge in [0.25, 0.3) is 5.91 Å². The molecule has 1 aliphatic heterocycles. The van der Waals surface area contributed by atoms with Crippen LogP contribution < -0.4 is 19.5 Å². The highest BCUT2D eigenvalue weighted by atomic mass is 32.1. The number of hydrogen-bond acceptors (Lipinski definition) is 6. The fraction of sp³-hybridized carbons (Fsp3) is 0.500. The Morgan fingerprint density at radius 3 is 2.34 bits per heavy atom. The third kappa shape index (κ3) is 5.03. The first-order chi connectivity index (χ1) is 14.2. The molecule has 2 heterocycles.